The van der Waals surface area contributed by atoms with Crippen molar-refractivity contribution in [2.45, 2.75) is 6.92 Å². The van der Waals surface area contributed by atoms with E-state index in [0.29, 0.717) is 4.99 Å². The van der Waals surface area contributed by atoms with Gasteiger partial charge in [0.15, 0.2) is 0 Å². The van der Waals surface area contributed by atoms with E-state index in [9.17, 15) is 5.11 Å². The molecule has 0 saturated heterocycles. The van der Waals surface area contributed by atoms with Gasteiger partial charge < -0.3 is 15.7 Å². The number of thiocarbonyl (C=S) groups is 1. The number of nitrogens with two attached hydrogens (primary N) is 1. The van der Waals surface area contributed by atoms with Gasteiger partial charge in [0, 0.05) is 28.3 Å². The fraction of sp³-hybridized carbons (Fsp3) is 0.133. The van der Waals surface area contributed by atoms with Crippen LogP contribution >= 0.6 is 28.1 Å². The zero-order chi connectivity index (χ0) is 14.7. The fourth-order valence-corrected chi connectivity index (χ4v) is 2.62. The highest BCUT2D eigenvalue weighted by Gasteiger charge is 2.14. The number of phenolic OH excluding ortho intramolecular Hbond substituents is 1. The lowest BCUT2D eigenvalue weighted by atomic mass is 10.1. The Kier molecular flexibility index (Phi) is 4.62. The molecule has 0 fully saturated rings. The molecule has 2 aromatic carbocycles. The predicted molar refractivity (Wildman–Crippen MR) is 90.8 cm³/mol. The maximum atomic E-state index is 9.64. The molecule has 3 N–H and O–H groups in total. The summed E-state index contributed by atoms with van der Waals surface area (Å²) >= 11 is 8.56. The second-order valence-corrected chi connectivity index (χ2v) is 5.65. The number of hydrogen-bond donors (Lipinski definition) is 2. The van der Waals surface area contributed by atoms with Gasteiger partial charge >= 0.3 is 0 Å². The Labute approximate surface area is 132 Å². The van der Waals surface area contributed by atoms with Crippen molar-refractivity contribution in [3.63, 3.8) is 0 Å². The number of halogens is 1. The van der Waals surface area contributed by atoms with Crippen molar-refractivity contribution in [2.75, 3.05) is 11.4 Å². The average Bonchev–Trinajstić information content (AvgIpc) is 2.41. The van der Waals surface area contributed by atoms with Crippen molar-refractivity contribution in [1.82, 2.24) is 0 Å². The summed E-state index contributed by atoms with van der Waals surface area (Å²) in [5.74, 6) is 0.231. The number of aromatic hydroxyl groups is 1. The lowest BCUT2D eigenvalue weighted by molar-refractivity contribution is 0.475. The molecule has 0 heterocycles. The normalized spacial score (nSPS) is 10.3. The van der Waals surface area contributed by atoms with Gasteiger partial charge in [0.1, 0.15) is 10.7 Å². The van der Waals surface area contributed by atoms with Crippen LogP contribution < -0.4 is 10.6 Å². The summed E-state index contributed by atoms with van der Waals surface area (Å²) in [7, 11) is 0. The molecule has 2 aromatic rings. The van der Waals surface area contributed by atoms with Crippen LogP contribution in [-0.2, 0) is 0 Å². The van der Waals surface area contributed by atoms with Crippen molar-refractivity contribution in [3.8, 4) is 5.75 Å². The van der Waals surface area contributed by atoms with E-state index in [4.69, 9.17) is 18.0 Å². The van der Waals surface area contributed by atoms with E-state index in [-0.39, 0.29) is 5.75 Å². The van der Waals surface area contributed by atoms with E-state index >= 15 is 0 Å². The first kappa shape index (κ1) is 14.8. The monoisotopic (exact) mass is 350 g/mol. The molecule has 0 aliphatic heterocycles. The Hall–Kier alpha value is -1.59. The third-order valence-corrected chi connectivity index (χ3v) is 3.69. The first-order chi connectivity index (χ1) is 9.52. The molecule has 104 valence electrons. The molecule has 0 unspecified atom stereocenters. The van der Waals surface area contributed by atoms with Crippen molar-refractivity contribution in [2.24, 2.45) is 5.73 Å². The molecular weight excluding hydrogens is 336 g/mol. The number of phenols is 1. The molecule has 0 aromatic heterocycles. The number of hydrogen-bond acceptors (Lipinski definition) is 3. The molecule has 0 radical (unpaired) electrons. The molecule has 5 heteroatoms. The molecule has 0 spiro atoms. The highest BCUT2D eigenvalue weighted by Crippen LogP contribution is 2.32. The summed E-state index contributed by atoms with van der Waals surface area (Å²) in [6, 6.07) is 12.9. The largest absolute Gasteiger partial charge is 0.508 e. The fourth-order valence-electron chi connectivity index (χ4n) is 2.09. The van der Waals surface area contributed by atoms with Crippen LogP contribution in [0.3, 0.4) is 0 Å². The maximum absolute atomic E-state index is 9.64. The quantitative estimate of drug-likeness (QED) is 0.819. The maximum Gasteiger partial charge on any atom is 0.117 e. The number of rotatable bonds is 4. The van der Waals surface area contributed by atoms with E-state index in [1.807, 2.05) is 37.3 Å². The van der Waals surface area contributed by atoms with Crippen LogP contribution in [0.5, 0.6) is 5.75 Å². The lowest BCUT2D eigenvalue weighted by Gasteiger charge is -2.26. The summed E-state index contributed by atoms with van der Waals surface area (Å²) in [5.41, 5.74) is 8.44. The number of nitrogens with zero attached hydrogens (tertiary/aromatic N) is 1. The summed E-state index contributed by atoms with van der Waals surface area (Å²) in [6.07, 6.45) is 0. The van der Waals surface area contributed by atoms with E-state index in [1.54, 1.807) is 12.1 Å². The minimum Gasteiger partial charge on any atom is -0.508 e. The van der Waals surface area contributed by atoms with Crippen LogP contribution in [0.15, 0.2) is 46.9 Å². The van der Waals surface area contributed by atoms with Crippen LogP contribution in [0.1, 0.15) is 12.5 Å². The molecule has 0 bridgehead atoms. The van der Waals surface area contributed by atoms with Gasteiger partial charge in [0.2, 0.25) is 0 Å². The molecule has 0 atom stereocenters. The molecule has 20 heavy (non-hydrogen) atoms. The molecule has 0 aliphatic rings. The summed E-state index contributed by atoms with van der Waals surface area (Å²) in [5, 5.41) is 9.64. The van der Waals surface area contributed by atoms with Crippen LogP contribution in [0.25, 0.3) is 0 Å². The molecule has 0 aliphatic carbocycles. The Morgan fingerprint density at radius 2 is 2.05 bits per heavy atom. The van der Waals surface area contributed by atoms with E-state index in [0.717, 1.165) is 28.0 Å². The summed E-state index contributed by atoms with van der Waals surface area (Å²) < 4.78 is 0.927. The van der Waals surface area contributed by atoms with Gasteiger partial charge in [-0.25, -0.2) is 0 Å². The van der Waals surface area contributed by atoms with Gasteiger partial charge in [-0.2, -0.15) is 0 Å². The third kappa shape index (κ3) is 3.11. The standard InChI is InChI=1S/C15H15BrN2OS/c1-2-18(11-4-3-5-12(19)9-11)14-7-6-10(16)8-13(14)15(17)20/h3-9,19H,2H2,1H3,(H2,17,20). The zero-order valence-electron chi connectivity index (χ0n) is 11.0. The van der Waals surface area contributed by atoms with Crippen LogP contribution in [-0.4, -0.2) is 16.6 Å². The molecule has 0 amide bonds. The number of benzene rings is 2. The third-order valence-electron chi connectivity index (χ3n) is 2.97. The van der Waals surface area contributed by atoms with E-state index < -0.39 is 0 Å². The zero-order valence-corrected chi connectivity index (χ0v) is 13.4. The van der Waals surface area contributed by atoms with Crippen LogP contribution in [0.2, 0.25) is 0 Å². The Morgan fingerprint density at radius 1 is 1.30 bits per heavy atom. The van der Waals surface area contributed by atoms with Gasteiger partial charge in [-0.3, -0.25) is 0 Å². The van der Waals surface area contributed by atoms with E-state index in [1.165, 1.54) is 0 Å². The molecular formula is C15H15BrN2OS. The van der Waals surface area contributed by atoms with Crippen LogP contribution in [0, 0.1) is 0 Å². The first-order valence-electron chi connectivity index (χ1n) is 6.19. The van der Waals surface area contributed by atoms with Crippen molar-refractivity contribution < 1.29 is 5.11 Å². The Balaban J connectivity index is 2.55. The van der Waals surface area contributed by atoms with Gasteiger partial charge in [-0.1, -0.05) is 34.2 Å². The van der Waals surface area contributed by atoms with Gasteiger partial charge in [0.05, 0.1) is 5.69 Å². The highest BCUT2D eigenvalue weighted by molar-refractivity contribution is 9.10. The Bertz CT molecular complexity index is 646. The Morgan fingerprint density at radius 3 is 2.65 bits per heavy atom. The highest BCUT2D eigenvalue weighted by atomic mass is 79.9. The second-order valence-electron chi connectivity index (χ2n) is 4.29. The smallest absolute Gasteiger partial charge is 0.117 e. The topological polar surface area (TPSA) is 49.5 Å². The predicted octanol–water partition coefficient (Wildman–Crippen LogP) is 3.95. The first-order valence-corrected chi connectivity index (χ1v) is 7.39. The average molecular weight is 351 g/mol. The summed E-state index contributed by atoms with van der Waals surface area (Å²) in [6.45, 7) is 2.77. The minimum absolute atomic E-state index is 0.231. The molecule has 3 nitrogen and oxygen atoms in total. The second kappa shape index (κ2) is 6.24. The van der Waals surface area contributed by atoms with E-state index in [2.05, 4.69) is 20.8 Å². The lowest BCUT2D eigenvalue weighted by Crippen LogP contribution is -2.21. The van der Waals surface area contributed by atoms with Crippen LogP contribution in [0.4, 0.5) is 11.4 Å². The minimum atomic E-state index is 0.231. The summed E-state index contributed by atoms with van der Waals surface area (Å²) in [4.78, 5) is 2.40. The SMILES string of the molecule is CCN(c1cccc(O)c1)c1ccc(Br)cc1C(N)=S. The molecule has 2 rings (SSSR count). The van der Waals surface area contributed by atoms with Gasteiger partial charge in [0.25, 0.3) is 0 Å². The van der Waals surface area contributed by atoms with Crippen molar-refractivity contribution >= 4 is 44.5 Å². The van der Waals surface area contributed by atoms with Gasteiger partial charge in [-0.05, 0) is 37.3 Å². The van der Waals surface area contributed by atoms with Gasteiger partial charge in [-0.15, -0.1) is 0 Å². The molecule has 0 saturated carbocycles. The van der Waals surface area contributed by atoms with Crippen molar-refractivity contribution in [1.29, 1.82) is 0 Å². The van der Waals surface area contributed by atoms with Crippen molar-refractivity contribution in [3.05, 3.63) is 52.5 Å². The number of anilines is 2.